The van der Waals surface area contributed by atoms with Crippen LogP contribution in [0.3, 0.4) is 0 Å². The maximum absolute atomic E-state index is 13.1. The Morgan fingerprint density at radius 2 is 1.74 bits per heavy atom. The highest BCUT2D eigenvalue weighted by Gasteiger charge is 2.11. The van der Waals surface area contributed by atoms with E-state index in [9.17, 15) is 9.18 Å². The molecular formula is C26H24FN3O4S. The molecule has 9 heteroatoms. The van der Waals surface area contributed by atoms with Gasteiger partial charge in [-0.05, 0) is 60.0 Å². The average molecular weight is 494 g/mol. The van der Waals surface area contributed by atoms with Crippen LogP contribution < -0.4 is 19.5 Å². The summed E-state index contributed by atoms with van der Waals surface area (Å²) in [5.41, 5.74) is 2.40. The maximum Gasteiger partial charge on any atom is 0.298 e. The lowest BCUT2D eigenvalue weighted by molar-refractivity contribution is 0.0954. The van der Waals surface area contributed by atoms with Crippen molar-refractivity contribution in [1.82, 2.24) is 14.7 Å². The van der Waals surface area contributed by atoms with Crippen LogP contribution in [0.25, 0.3) is 0 Å². The van der Waals surface area contributed by atoms with Crippen LogP contribution in [0.4, 0.5) is 4.39 Å². The number of carbonyl (C=O) groups excluding carboxylic acids is 1. The SMILES string of the molecule is COc1ccc(CCNC(=O)c2cccc(Oc3nc(Cc4ccc(F)cc4)ns3)c2)cc1OC. The lowest BCUT2D eigenvalue weighted by atomic mass is 10.1. The lowest BCUT2D eigenvalue weighted by Crippen LogP contribution is -2.25. The number of aromatic nitrogens is 2. The molecule has 0 aliphatic rings. The molecule has 7 nitrogen and oxygen atoms in total. The monoisotopic (exact) mass is 493 g/mol. The van der Waals surface area contributed by atoms with Crippen LogP contribution in [0.5, 0.6) is 22.4 Å². The Labute approximate surface area is 206 Å². The molecule has 0 radical (unpaired) electrons. The van der Waals surface area contributed by atoms with Gasteiger partial charge in [-0.2, -0.15) is 9.36 Å². The van der Waals surface area contributed by atoms with Gasteiger partial charge in [-0.15, -0.1) is 0 Å². The Morgan fingerprint density at radius 3 is 2.51 bits per heavy atom. The van der Waals surface area contributed by atoms with Crippen molar-refractivity contribution in [2.45, 2.75) is 12.8 Å². The molecule has 0 saturated carbocycles. The lowest BCUT2D eigenvalue weighted by Gasteiger charge is -2.10. The summed E-state index contributed by atoms with van der Waals surface area (Å²) in [6.07, 6.45) is 1.12. The minimum atomic E-state index is -0.283. The summed E-state index contributed by atoms with van der Waals surface area (Å²) in [7, 11) is 3.18. The number of ether oxygens (including phenoxy) is 3. The van der Waals surface area contributed by atoms with Gasteiger partial charge in [0.2, 0.25) is 0 Å². The summed E-state index contributed by atoms with van der Waals surface area (Å²) in [4.78, 5) is 17.0. The fourth-order valence-electron chi connectivity index (χ4n) is 3.40. The van der Waals surface area contributed by atoms with Crippen molar-refractivity contribution >= 4 is 17.4 Å². The van der Waals surface area contributed by atoms with Gasteiger partial charge >= 0.3 is 0 Å². The topological polar surface area (TPSA) is 82.6 Å². The molecule has 0 aliphatic heterocycles. The number of halogens is 1. The van der Waals surface area contributed by atoms with Crippen LogP contribution >= 0.6 is 11.5 Å². The quantitative estimate of drug-likeness (QED) is 0.333. The smallest absolute Gasteiger partial charge is 0.298 e. The van der Waals surface area contributed by atoms with Crippen LogP contribution in [0.15, 0.2) is 66.7 Å². The van der Waals surface area contributed by atoms with E-state index in [0.29, 0.717) is 53.2 Å². The van der Waals surface area contributed by atoms with Crippen LogP contribution in [0.2, 0.25) is 0 Å². The highest BCUT2D eigenvalue weighted by Crippen LogP contribution is 2.28. The number of amides is 1. The number of hydrogen-bond acceptors (Lipinski definition) is 7. The van der Waals surface area contributed by atoms with Gasteiger partial charge in [-0.25, -0.2) is 4.39 Å². The summed E-state index contributed by atoms with van der Waals surface area (Å²) in [5, 5.41) is 3.29. The van der Waals surface area contributed by atoms with Gasteiger partial charge in [-0.1, -0.05) is 24.3 Å². The van der Waals surface area contributed by atoms with E-state index in [1.165, 1.54) is 12.1 Å². The molecule has 4 rings (SSSR count). The molecular weight excluding hydrogens is 469 g/mol. The molecule has 1 amide bonds. The van der Waals surface area contributed by atoms with Gasteiger partial charge in [0.15, 0.2) is 17.3 Å². The van der Waals surface area contributed by atoms with Crippen molar-refractivity contribution in [3.63, 3.8) is 0 Å². The molecule has 1 aromatic heterocycles. The number of hydrogen-bond donors (Lipinski definition) is 1. The molecule has 3 aromatic carbocycles. The predicted octanol–water partition coefficient (Wildman–Crippen LogP) is 5.05. The third-order valence-corrected chi connectivity index (χ3v) is 5.81. The van der Waals surface area contributed by atoms with Gasteiger partial charge in [0.05, 0.1) is 14.2 Å². The first kappa shape index (κ1) is 24.2. The summed E-state index contributed by atoms with van der Waals surface area (Å²) < 4.78 is 33.8. The second-order valence-electron chi connectivity index (χ2n) is 7.60. The number of methoxy groups -OCH3 is 2. The normalized spacial score (nSPS) is 10.6. The summed E-state index contributed by atoms with van der Waals surface area (Å²) in [6, 6.07) is 18.8. The highest BCUT2D eigenvalue weighted by molar-refractivity contribution is 7.07. The van der Waals surface area contributed by atoms with Crippen molar-refractivity contribution in [1.29, 1.82) is 0 Å². The van der Waals surface area contributed by atoms with Gasteiger partial charge in [-0.3, -0.25) is 4.79 Å². The van der Waals surface area contributed by atoms with Crippen molar-refractivity contribution in [3.05, 3.63) is 95.1 Å². The summed E-state index contributed by atoms with van der Waals surface area (Å²) in [5.74, 6) is 1.90. The van der Waals surface area contributed by atoms with Gasteiger partial charge in [0.1, 0.15) is 11.6 Å². The van der Waals surface area contributed by atoms with E-state index in [1.54, 1.807) is 50.6 Å². The minimum absolute atomic E-state index is 0.204. The van der Waals surface area contributed by atoms with E-state index in [-0.39, 0.29) is 11.7 Å². The Bertz CT molecular complexity index is 1290. The Hall–Kier alpha value is -3.98. The number of nitrogens with one attached hydrogen (secondary N) is 1. The summed E-state index contributed by atoms with van der Waals surface area (Å²) in [6.45, 7) is 0.461. The second-order valence-corrected chi connectivity index (χ2v) is 8.32. The predicted molar refractivity (Wildman–Crippen MR) is 131 cm³/mol. The van der Waals surface area contributed by atoms with Crippen molar-refractivity contribution < 1.29 is 23.4 Å². The van der Waals surface area contributed by atoms with E-state index in [4.69, 9.17) is 14.2 Å². The first-order valence-electron chi connectivity index (χ1n) is 10.9. The van der Waals surface area contributed by atoms with Crippen molar-refractivity contribution in [2.75, 3.05) is 20.8 Å². The van der Waals surface area contributed by atoms with Crippen molar-refractivity contribution in [3.8, 4) is 22.4 Å². The molecule has 0 aliphatic carbocycles. The Morgan fingerprint density at radius 1 is 0.971 bits per heavy atom. The van der Waals surface area contributed by atoms with Crippen molar-refractivity contribution in [2.24, 2.45) is 0 Å². The molecule has 0 atom stereocenters. The van der Waals surface area contributed by atoms with Gasteiger partial charge < -0.3 is 19.5 Å². The maximum atomic E-state index is 13.1. The Kier molecular flexibility index (Phi) is 7.89. The fraction of sp³-hybridized carbons (Fsp3) is 0.192. The minimum Gasteiger partial charge on any atom is -0.493 e. The molecule has 4 aromatic rings. The molecule has 0 unspecified atom stereocenters. The Balaban J connectivity index is 1.32. The van der Waals surface area contributed by atoms with E-state index < -0.39 is 0 Å². The average Bonchev–Trinajstić information content (AvgIpc) is 3.31. The third-order valence-electron chi connectivity index (χ3n) is 5.17. The number of carbonyl (C=O) groups is 1. The van der Waals surface area contributed by atoms with Crippen LogP contribution in [0.1, 0.15) is 27.3 Å². The summed E-state index contributed by atoms with van der Waals surface area (Å²) >= 11 is 1.12. The standard InChI is InChI=1S/C26H24FN3O4S/c1-32-22-11-8-18(14-23(22)33-2)12-13-28-25(31)19-4-3-5-21(16-19)34-26-29-24(30-35-26)15-17-6-9-20(27)10-7-17/h3-11,14,16H,12-13,15H2,1-2H3,(H,28,31). The van der Waals surface area contributed by atoms with Crippen LogP contribution in [0, 0.1) is 5.82 Å². The van der Waals surface area contributed by atoms with E-state index in [1.807, 2.05) is 18.2 Å². The third kappa shape index (κ3) is 6.54. The van der Waals surface area contributed by atoms with Crippen LogP contribution in [-0.4, -0.2) is 36.0 Å². The van der Waals surface area contributed by atoms with E-state index in [2.05, 4.69) is 14.7 Å². The molecule has 1 heterocycles. The molecule has 35 heavy (non-hydrogen) atoms. The molecule has 0 spiro atoms. The number of benzene rings is 3. The largest absolute Gasteiger partial charge is 0.493 e. The molecule has 0 saturated heterocycles. The second kappa shape index (κ2) is 11.4. The van der Waals surface area contributed by atoms with Gasteiger partial charge in [0.25, 0.3) is 11.1 Å². The van der Waals surface area contributed by atoms with Crippen LogP contribution in [-0.2, 0) is 12.8 Å². The van der Waals surface area contributed by atoms with Gasteiger partial charge in [0, 0.05) is 30.1 Å². The molecule has 180 valence electrons. The number of rotatable bonds is 10. The first-order valence-corrected chi connectivity index (χ1v) is 11.7. The van der Waals surface area contributed by atoms with E-state index in [0.717, 1.165) is 22.7 Å². The molecule has 1 N–H and O–H groups in total. The van der Waals surface area contributed by atoms with E-state index >= 15 is 0 Å². The fourth-order valence-corrected chi connectivity index (χ4v) is 3.96. The molecule has 0 fully saturated rings. The molecule has 0 bridgehead atoms. The number of nitrogens with zero attached hydrogens (tertiary/aromatic N) is 2. The zero-order valence-electron chi connectivity index (χ0n) is 19.3. The zero-order chi connectivity index (χ0) is 24.6. The zero-order valence-corrected chi connectivity index (χ0v) is 20.1. The first-order chi connectivity index (χ1) is 17.0. The highest BCUT2D eigenvalue weighted by atomic mass is 32.1.